The number of nitrogens with one attached hydrogen (secondary N) is 1. The molecule has 0 radical (unpaired) electrons. The molecule has 1 saturated carbocycles. The number of rotatable bonds is 2. The van der Waals surface area contributed by atoms with Crippen molar-refractivity contribution >= 4 is 18.1 Å². The quantitative estimate of drug-likeness (QED) is 0.796. The van der Waals surface area contributed by atoms with Gasteiger partial charge in [0.1, 0.15) is 0 Å². The second-order valence-corrected chi connectivity index (χ2v) is 4.21. The predicted molar refractivity (Wildman–Crippen MR) is 69.1 cm³/mol. The highest BCUT2D eigenvalue weighted by molar-refractivity contribution is 5.85. The van der Waals surface area contributed by atoms with Crippen LogP contribution in [0.1, 0.15) is 43.6 Å². The highest BCUT2D eigenvalue weighted by Crippen LogP contribution is 2.32. The van der Waals surface area contributed by atoms with Crippen LogP contribution in [0.3, 0.4) is 0 Å². The fourth-order valence-corrected chi connectivity index (χ4v) is 2.36. The van der Waals surface area contributed by atoms with Crippen molar-refractivity contribution in [1.82, 2.24) is 0 Å². The maximum Gasteiger partial charge on any atom is 0.0337 e. The van der Waals surface area contributed by atoms with E-state index in [1.165, 1.54) is 43.4 Å². The number of hydrogen-bond donors (Lipinski definition) is 1. The molecule has 1 aliphatic rings. The summed E-state index contributed by atoms with van der Waals surface area (Å²) < 4.78 is 0. The van der Waals surface area contributed by atoms with Crippen LogP contribution in [0.5, 0.6) is 0 Å². The normalized spacial score (nSPS) is 16.9. The third-order valence-corrected chi connectivity index (χ3v) is 3.28. The third-order valence-electron chi connectivity index (χ3n) is 3.28. The fourth-order valence-electron chi connectivity index (χ4n) is 2.36. The molecule has 0 saturated heterocycles. The van der Waals surface area contributed by atoms with Crippen LogP contribution in [0.15, 0.2) is 24.3 Å². The Kier molecular flexibility index (Phi) is 4.97. The first kappa shape index (κ1) is 12.4. The zero-order valence-corrected chi connectivity index (χ0v) is 10.1. The second-order valence-electron chi connectivity index (χ2n) is 4.21. The molecule has 1 aromatic rings. The highest BCUT2D eigenvalue weighted by atomic mass is 35.5. The molecule has 0 aromatic heterocycles. The highest BCUT2D eigenvalue weighted by Gasteiger charge is 2.14. The molecule has 0 heterocycles. The second kappa shape index (κ2) is 6.02. The minimum atomic E-state index is 0. The molecule has 1 aromatic carbocycles. The van der Waals surface area contributed by atoms with Crippen molar-refractivity contribution in [2.24, 2.45) is 0 Å². The summed E-state index contributed by atoms with van der Waals surface area (Å²) in [5, 5.41) is 3.16. The van der Waals surface area contributed by atoms with Gasteiger partial charge in [0.2, 0.25) is 0 Å². The first-order valence-corrected chi connectivity index (χ1v) is 5.68. The van der Waals surface area contributed by atoms with Crippen LogP contribution in [-0.4, -0.2) is 7.05 Å². The zero-order chi connectivity index (χ0) is 9.80. The minimum Gasteiger partial charge on any atom is -0.388 e. The SMILES string of the molecule is CNc1ccc(C2CCCCC2)cc1.Cl. The van der Waals surface area contributed by atoms with Crippen molar-refractivity contribution in [1.29, 1.82) is 0 Å². The van der Waals surface area contributed by atoms with E-state index in [0.29, 0.717) is 0 Å². The van der Waals surface area contributed by atoms with Crippen molar-refractivity contribution in [3.8, 4) is 0 Å². The van der Waals surface area contributed by atoms with Gasteiger partial charge in [-0.15, -0.1) is 12.4 Å². The lowest BCUT2D eigenvalue weighted by molar-refractivity contribution is 0.443. The Bertz CT molecular complexity index is 275. The Morgan fingerprint density at radius 1 is 1.00 bits per heavy atom. The smallest absolute Gasteiger partial charge is 0.0337 e. The zero-order valence-electron chi connectivity index (χ0n) is 9.33. The molecular weight excluding hydrogens is 206 g/mol. The van der Waals surface area contributed by atoms with Gasteiger partial charge in [-0.05, 0) is 36.5 Å². The lowest BCUT2D eigenvalue weighted by Gasteiger charge is -2.22. The molecule has 1 aliphatic carbocycles. The van der Waals surface area contributed by atoms with E-state index in [0.717, 1.165) is 5.92 Å². The van der Waals surface area contributed by atoms with Crippen LogP contribution in [0.2, 0.25) is 0 Å². The van der Waals surface area contributed by atoms with Crippen molar-refractivity contribution in [3.05, 3.63) is 29.8 Å². The number of benzene rings is 1. The van der Waals surface area contributed by atoms with E-state index in [-0.39, 0.29) is 12.4 Å². The van der Waals surface area contributed by atoms with Gasteiger partial charge in [-0.2, -0.15) is 0 Å². The summed E-state index contributed by atoms with van der Waals surface area (Å²) in [7, 11) is 1.97. The third kappa shape index (κ3) is 3.13. The van der Waals surface area contributed by atoms with Crippen LogP contribution in [0.25, 0.3) is 0 Å². The van der Waals surface area contributed by atoms with E-state index < -0.39 is 0 Å². The van der Waals surface area contributed by atoms with Crippen LogP contribution in [0, 0.1) is 0 Å². The van der Waals surface area contributed by atoms with Crippen molar-refractivity contribution in [3.63, 3.8) is 0 Å². The molecule has 1 nitrogen and oxygen atoms in total. The summed E-state index contributed by atoms with van der Waals surface area (Å²) in [5.74, 6) is 0.828. The summed E-state index contributed by atoms with van der Waals surface area (Å²) in [6, 6.07) is 8.93. The number of halogens is 1. The molecule has 0 unspecified atom stereocenters. The Labute approximate surface area is 98.7 Å². The molecular formula is C13H20ClN. The van der Waals surface area contributed by atoms with E-state index in [1.54, 1.807) is 0 Å². The van der Waals surface area contributed by atoms with Gasteiger partial charge in [0.25, 0.3) is 0 Å². The molecule has 1 fully saturated rings. The lowest BCUT2D eigenvalue weighted by atomic mass is 9.84. The summed E-state index contributed by atoms with van der Waals surface area (Å²) in [5.41, 5.74) is 2.74. The van der Waals surface area contributed by atoms with E-state index in [9.17, 15) is 0 Å². The van der Waals surface area contributed by atoms with E-state index in [2.05, 4.69) is 29.6 Å². The average Bonchev–Trinajstić information content (AvgIpc) is 2.30. The molecule has 2 rings (SSSR count). The molecule has 84 valence electrons. The van der Waals surface area contributed by atoms with Gasteiger partial charge in [-0.25, -0.2) is 0 Å². The van der Waals surface area contributed by atoms with Crippen LogP contribution in [0.4, 0.5) is 5.69 Å². The molecule has 0 atom stereocenters. The van der Waals surface area contributed by atoms with Gasteiger partial charge in [0, 0.05) is 12.7 Å². The van der Waals surface area contributed by atoms with E-state index >= 15 is 0 Å². The maximum absolute atomic E-state index is 3.16. The molecule has 0 bridgehead atoms. The molecule has 1 N–H and O–H groups in total. The Morgan fingerprint density at radius 3 is 2.13 bits per heavy atom. The largest absolute Gasteiger partial charge is 0.388 e. The molecule has 0 spiro atoms. The summed E-state index contributed by atoms with van der Waals surface area (Å²) in [6.07, 6.45) is 7.04. The number of hydrogen-bond acceptors (Lipinski definition) is 1. The summed E-state index contributed by atoms with van der Waals surface area (Å²) >= 11 is 0. The summed E-state index contributed by atoms with van der Waals surface area (Å²) in [6.45, 7) is 0. The van der Waals surface area contributed by atoms with Crippen LogP contribution in [-0.2, 0) is 0 Å². The van der Waals surface area contributed by atoms with Crippen molar-refractivity contribution in [2.75, 3.05) is 12.4 Å². The molecule has 15 heavy (non-hydrogen) atoms. The maximum atomic E-state index is 3.16. The van der Waals surface area contributed by atoms with Gasteiger partial charge in [-0.1, -0.05) is 31.4 Å². The van der Waals surface area contributed by atoms with Gasteiger partial charge in [0.15, 0.2) is 0 Å². The van der Waals surface area contributed by atoms with Gasteiger partial charge in [0.05, 0.1) is 0 Å². The first-order chi connectivity index (χ1) is 6.90. The summed E-state index contributed by atoms with van der Waals surface area (Å²) in [4.78, 5) is 0. The Morgan fingerprint density at radius 2 is 1.60 bits per heavy atom. The van der Waals surface area contributed by atoms with Crippen molar-refractivity contribution in [2.45, 2.75) is 38.0 Å². The minimum absolute atomic E-state index is 0. The monoisotopic (exact) mass is 225 g/mol. The number of anilines is 1. The lowest BCUT2D eigenvalue weighted by Crippen LogP contribution is -2.04. The fraction of sp³-hybridized carbons (Fsp3) is 0.538. The van der Waals surface area contributed by atoms with Gasteiger partial charge >= 0.3 is 0 Å². The first-order valence-electron chi connectivity index (χ1n) is 5.68. The van der Waals surface area contributed by atoms with Crippen LogP contribution >= 0.6 is 12.4 Å². The van der Waals surface area contributed by atoms with Crippen LogP contribution < -0.4 is 5.32 Å². The van der Waals surface area contributed by atoms with Crippen molar-refractivity contribution < 1.29 is 0 Å². The molecule has 0 aliphatic heterocycles. The average molecular weight is 226 g/mol. The standard InChI is InChI=1S/C13H19N.ClH/c1-14-13-9-7-12(8-10-13)11-5-3-2-4-6-11;/h7-11,14H,2-6H2,1H3;1H. The molecule has 0 amide bonds. The van der Waals surface area contributed by atoms with Gasteiger partial charge in [-0.3, -0.25) is 0 Å². The topological polar surface area (TPSA) is 12.0 Å². The van der Waals surface area contributed by atoms with E-state index in [1.807, 2.05) is 7.05 Å². The van der Waals surface area contributed by atoms with E-state index in [4.69, 9.17) is 0 Å². The molecule has 2 heteroatoms. The Balaban J connectivity index is 0.00000112. The Hall–Kier alpha value is -0.690. The predicted octanol–water partition coefficient (Wildman–Crippen LogP) is 4.20. The van der Waals surface area contributed by atoms with Gasteiger partial charge < -0.3 is 5.32 Å².